The van der Waals surface area contributed by atoms with Crippen LogP contribution in [0.1, 0.15) is 19.4 Å². The fraction of sp³-hybridized carbons (Fsp3) is 0.538. The molecule has 0 bridgehead atoms. The van der Waals surface area contributed by atoms with Crippen LogP contribution < -0.4 is 9.47 Å². The monoisotopic (exact) mass is 258 g/mol. The topological polar surface area (TPSA) is 27.7 Å². The molecule has 96 valence electrons. The van der Waals surface area contributed by atoms with Crippen LogP contribution in [0.4, 0.5) is 0 Å². The maximum Gasteiger partial charge on any atom is 0.165 e. The van der Waals surface area contributed by atoms with Crippen LogP contribution in [0.3, 0.4) is 0 Å². The number of rotatable bonds is 8. The van der Waals surface area contributed by atoms with E-state index in [9.17, 15) is 0 Å². The fourth-order valence-corrected chi connectivity index (χ4v) is 1.66. The van der Waals surface area contributed by atoms with E-state index in [0.717, 1.165) is 17.1 Å². The van der Waals surface area contributed by atoms with Gasteiger partial charge in [-0.05, 0) is 19.9 Å². The Morgan fingerprint density at radius 1 is 1.06 bits per heavy atom. The molecule has 0 saturated heterocycles. The van der Waals surface area contributed by atoms with Gasteiger partial charge in [-0.1, -0.05) is 12.1 Å². The van der Waals surface area contributed by atoms with E-state index in [1.807, 2.05) is 32.0 Å². The van der Waals surface area contributed by atoms with Gasteiger partial charge >= 0.3 is 0 Å². The number of hydrogen-bond acceptors (Lipinski definition) is 3. The Morgan fingerprint density at radius 3 is 2.53 bits per heavy atom. The second-order valence-corrected chi connectivity index (χ2v) is 3.62. The summed E-state index contributed by atoms with van der Waals surface area (Å²) in [5, 5.41) is 0. The minimum atomic E-state index is 0.408. The summed E-state index contributed by atoms with van der Waals surface area (Å²) in [4.78, 5) is 0. The Bertz CT molecular complexity index is 328. The van der Waals surface area contributed by atoms with E-state index in [1.54, 1.807) is 0 Å². The molecule has 0 unspecified atom stereocenters. The molecule has 1 rings (SSSR count). The first kappa shape index (κ1) is 14.1. The number of alkyl halides is 1. The van der Waals surface area contributed by atoms with E-state index in [4.69, 9.17) is 25.8 Å². The van der Waals surface area contributed by atoms with Gasteiger partial charge in [-0.15, -0.1) is 11.6 Å². The van der Waals surface area contributed by atoms with Crippen molar-refractivity contribution in [2.45, 2.75) is 19.7 Å². The van der Waals surface area contributed by atoms with E-state index in [-0.39, 0.29) is 0 Å². The largest absolute Gasteiger partial charge is 0.490 e. The average molecular weight is 259 g/mol. The lowest BCUT2D eigenvalue weighted by Crippen LogP contribution is -2.08. The van der Waals surface area contributed by atoms with Crippen molar-refractivity contribution in [2.24, 2.45) is 0 Å². The number of benzene rings is 1. The van der Waals surface area contributed by atoms with Crippen LogP contribution in [-0.2, 0) is 10.6 Å². The van der Waals surface area contributed by atoms with Crippen LogP contribution in [-0.4, -0.2) is 26.4 Å². The van der Waals surface area contributed by atoms with E-state index < -0.39 is 0 Å². The number of ether oxygens (including phenoxy) is 3. The molecule has 0 aliphatic rings. The maximum atomic E-state index is 5.88. The first-order chi connectivity index (χ1) is 8.33. The van der Waals surface area contributed by atoms with Gasteiger partial charge in [0.05, 0.1) is 19.1 Å². The molecule has 0 N–H and O–H groups in total. The molecule has 0 spiro atoms. The molecule has 0 atom stereocenters. The predicted molar refractivity (Wildman–Crippen MR) is 69.2 cm³/mol. The molecule has 3 nitrogen and oxygen atoms in total. The molecule has 4 heteroatoms. The predicted octanol–water partition coefficient (Wildman–Crippen LogP) is 3.24. The van der Waals surface area contributed by atoms with Gasteiger partial charge in [0, 0.05) is 12.2 Å². The summed E-state index contributed by atoms with van der Waals surface area (Å²) >= 11 is 5.88. The lowest BCUT2D eigenvalue weighted by atomic mass is 10.2. The minimum absolute atomic E-state index is 0.408. The zero-order chi connectivity index (χ0) is 12.5. The van der Waals surface area contributed by atoms with Crippen molar-refractivity contribution in [1.82, 2.24) is 0 Å². The lowest BCUT2D eigenvalue weighted by Gasteiger charge is -2.14. The van der Waals surface area contributed by atoms with Crippen molar-refractivity contribution < 1.29 is 14.2 Å². The van der Waals surface area contributed by atoms with Gasteiger partial charge in [0.15, 0.2) is 11.5 Å². The van der Waals surface area contributed by atoms with E-state index in [2.05, 4.69) is 0 Å². The summed E-state index contributed by atoms with van der Waals surface area (Å²) in [5.74, 6) is 1.87. The third kappa shape index (κ3) is 4.44. The fourth-order valence-electron chi connectivity index (χ4n) is 1.45. The number of para-hydroxylation sites is 1. The summed E-state index contributed by atoms with van der Waals surface area (Å²) in [5.41, 5.74) is 0.939. The standard InChI is InChI=1S/C13H19ClO3/c1-3-15-8-9-17-13-11(10-14)6-5-7-12(13)16-4-2/h5-7H,3-4,8-10H2,1-2H3. The van der Waals surface area contributed by atoms with Crippen LogP contribution in [0.15, 0.2) is 18.2 Å². The highest BCUT2D eigenvalue weighted by Gasteiger charge is 2.09. The SMILES string of the molecule is CCOCCOc1c(CCl)cccc1OCC. The second kappa shape index (κ2) is 8.20. The van der Waals surface area contributed by atoms with Gasteiger partial charge < -0.3 is 14.2 Å². The molecular weight excluding hydrogens is 240 g/mol. The molecule has 0 aliphatic carbocycles. The van der Waals surface area contributed by atoms with Crippen molar-refractivity contribution in [1.29, 1.82) is 0 Å². The number of hydrogen-bond donors (Lipinski definition) is 0. The molecule has 0 heterocycles. The van der Waals surface area contributed by atoms with E-state index in [0.29, 0.717) is 32.3 Å². The van der Waals surface area contributed by atoms with Crippen LogP contribution >= 0.6 is 11.6 Å². The summed E-state index contributed by atoms with van der Waals surface area (Å²) < 4.78 is 16.4. The molecule has 0 fully saturated rings. The molecule has 0 aliphatic heterocycles. The second-order valence-electron chi connectivity index (χ2n) is 3.36. The summed E-state index contributed by atoms with van der Waals surface area (Å²) in [7, 11) is 0. The van der Waals surface area contributed by atoms with Gasteiger partial charge in [0.1, 0.15) is 6.61 Å². The lowest BCUT2D eigenvalue weighted by molar-refractivity contribution is 0.108. The maximum absolute atomic E-state index is 5.88. The summed E-state index contributed by atoms with van der Waals surface area (Å²) in [6, 6.07) is 5.74. The highest BCUT2D eigenvalue weighted by molar-refractivity contribution is 6.17. The third-order valence-electron chi connectivity index (χ3n) is 2.18. The molecule has 1 aromatic carbocycles. The molecule has 0 radical (unpaired) electrons. The molecule has 17 heavy (non-hydrogen) atoms. The zero-order valence-corrected chi connectivity index (χ0v) is 11.1. The van der Waals surface area contributed by atoms with Gasteiger partial charge in [0.25, 0.3) is 0 Å². The van der Waals surface area contributed by atoms with Crippen molar-refractivity contribution >= 4 is 11.6 Å². The van der Waals surface area contributed by atoms with Gasteiger partial charge in [-0.3, -0.25) is 0 Å². The van der Waals surface area contributed by atoms with Crippen molar-refractivity contribution in [2.75, 3.05) is 26.4 Å². The van der Waals surface area contributed by atoms with Crippen LogP contribution in [0.2, 0.25) is 0 Å². The first-order valence-electron chi connectivity index (χ1n) is 5.84. The van der Waals surface area contributed by atoms with Crippen molar-refractivity contribution in [3.05, 3.63) is 23.8 Å². The summed E-state index contributed by atoms with van der Waals surface area (Å²) in [6.45, 7) is 6.27. The van der Waals surface area contributed by atoms with Gasteiger partial charge in [-0.2, -0.15) is 0 Å². The highest BCUT2D eigenvalue weighted by Crippen LogP contribution is 2.32. The van der Waals surface area contributed by atoms with Gasteiger partial charge in [-0.25, -0.2) is 0 Å². The van der Waals surface area contributed by atoms with Crippen molar-refractivity contribution in [3.8, 4) is 11.5 Å². The Balaban J connectivity index is 2.70. The normalized spacial score (nSPS) is 10.3. The molecule has 0 saturated carbocycles. The van der Waals surface area contributed by atoms with E-state index in [1.165, 1.54) is 0 Å². The first-order valence-corrected chi connectivity index (χ1v) is 6.38. The average Bonchev–Trinajstić information content (AvgIpc) is 2.36. The quantitative estimate of drug-likeness (QED) is 0.529. The Morgan fingerprint density at radius 2 is 1.88 bits per heavy atom. The molecule has 1 aromatic rings. The third-order valence-corrected chi connectivity index (χ3v) is 2.47. The van der Waals surface area contributed by atoms with E-state index >= 15 is 0 Å². The molecule has 0 amide bonds. The highest BCUT2D eigenvalue weighted by atomic mass is 35.5. The minimum Gasteiger partial charge on any atom is -0.490 e. The Labute approximate surface area is 108 Å². The van der Waals surface area contributed by atoms with Crippen LogP contribution in [0.25, 0.3) is 0 Å². The van der Waals surface area contributed by atoms with Crippen LogP contribution in [0, 0.1) is 0 Å². The molecular formula is C13H19ClO3. The smallest absolute Gasteiger partial charge is 0.165 e. The Hall–Kier alpha value is -0.930. The Kier molecular flexibility index (Phi) is 6.82. The van der Waals surface area contributed by atoms with Crippen molar-refractivity contribution in [3.63, 3.8) is 0 Å². The zero-order valence-electron chi connectivity index (χ0n) is 10.4. The number of halogens is 1. The summed E-state index contributed by atoms with van der Waals surface area (Å²) in [6.07, 6.45) is 0. The van der Waals surface area contributed by atoms with Gasteiger partial charge in [0.2, 0.25) is 0 Å². The molecule has 0 aromatic heterocycles. The van der Waals surface area contributed by atoms with Crippen LogP contribution in [0.5, 0.6) is 11.5 Å².